The number of aryl methyl sites for hydroxylation is 1. The molecule has 0 aliphatic rings. The van der Waals surface area contributed by atoms with E-state index in [1.807, 2.05) is 42.8 Å². The molecule has 1 heterocycles. The number of methoxy groups -OCH3 is 2. The van der Waals surface area contributed by atoms with Crippen molar-refractivity contribution >= 4 is 47.1 Å². The van der Waals surface area contributed by atoms with Crippen LogP contribution < -0.4 is 15.4 Å². The Kier molecular flexibility index (Phi) is 8.08. The molecule has 0 aliphatic carbocycles. The van der Waals surface area contributed by atoms with E-state index in [4.69, 9.17) is 21.1 Å². The standard InChI is InChI=1S/C28H26ClN5O4/c1-17-8-14-23(24(16-17)37-3)31-28(36)30-19-11-9-18(10-12-19)26-33-32-25(34(26)2)15-13-20-21(27(35)38-4)6-5-7-22(20)29/h5-16H,1-4H3,(H2,30,31,36)/b15-13+. The Morgan fingerprint density at radius 3 is 2.45 bits per heavy atom. The van der Waals surface area contributed by atoms with Crippen molar-refractivity contribution in [1.82, 2.24) is 14.8 Å². The second kappa shape index (κ2) is 11.6. The number of anilines is 2. The molecule has 4 aromatic rings. The SMILES string of the molecule is COC(=O)c1cccc(Cl)c1/C=C/c1nnc(-c2ccc(NC(=O)Nc3ccc(C)cc3OC)cc2)n1C. The third kappa shape index (κ3) is 5.84. The molecule has 0 radical (unpaired) electrons. The van der Waals surface area contributed by atoms with Crippen molar-refractivity contribution in [2.24, 2.45) is 7.05 Å². The molecular weight excluding hydrogens is 506 g/mol. The van der Waals surface area contributed by atoms with E-state index in [1.165, 1.54) is 7.11 Å². The number of hydrogen-bond donors (Lipinski definition) is 2. The molecule has 2 N–H and O–H groups in total. The van der Waals surface area contributed by atoms with E-state index in [2.05, 4.69) is 20.8 Å². The van der Waals surface area contributed by atoms with Crippen LogP contribution in [0, 0.1) is 6.92 Å². The van der Waals surface area contributed by atoms with Crippen LogP contribution in [-0.4, -0.2) is 41.0 Å². The van der Waals surface area contributed by atoms with Crippen LogP contribution in [-0.2, 0) is 11.8 Å². The molecule has 0 bridgehead atoms. The highest BCUT2D eigenvalue weighted by molar-refractivity contribution is 6.32. The lowest BCUT2D eigenvalue weighted by Gasteiger charge is -2.12. The van der Waals surface area contributed by atoms with Crippen LogP contribution in [0.4, 0.5) is 16.2 Å². The number of halogens is 1. The van der Waals surface area contributed by atoms with E-state index >= 15 is 0 Å². The summed E-state index contributed by atoms with van der Waals surface area (Å²) in [6.45, 7) is 1.95. The van der Waals surface area contributed by atoms with Gasteiger partial charge in [-0.2, -0.15) is 0 Å². The Balaban J connectivity index is 1.47. The zero-order valence-corrected chi connectivity index (χ0v) is 22.0. The zero-order chi connectivity index (χ0) is 27.2. The molecule has 10 heteroatoms. The van der Waals surface area contributed by atoms with Gasteiger partial charge < -0.3 is 24.7 Å². The van der Waals surface area contributed by atoms with Crippen LogP contribution in [0.25, 0.3) is 23.5 Å². The highest BCUT2D eigenvalue weighted by Gasteiger charge is 2.14. The summed E-state index contributed by atoms with van der Waals surface area (Å²) in [7, 11) is 4.71. The van der Waals surface area contributed by atoms with Crippen molar-refractivity contribution < 1.29 is 19.1 Å². The summed E-state index contributed by atoms with van der Waals surface area (Å²) < 4.78 is 12.0. The number of benzene rings is 3. The molecule has 4 rings (SSSR count). The maximum atomic E-state index is 12.5. The molecular formula is C28H26ClN5O4. The number of aromatic nitrogens is 3. The largest absolute Gasteiger partial charge is 0.495 e. The Hall–Kier alpha value is -4.63. The van der Waals surface area contributed by atoms with Crippen molar-refractivity contribution in [1.29, 1.82) is 0 Å². The molecule has 9 nitrogen and oxygen atoms in total. The van der Waals surface area contributed by atoms with Crippen molar-refractivity contribution in [3.63, 3.8) is 0 Å². The number of urea groups is 1. The predicted octanol–water partition coefficient (Wildman–Crippen LogP) is 6.05. The van der Waals surface area contributed by atoms with Gasteiger partial charge in [0.15, 0.2) is 11.6 Å². The van der Waals surface area contributed by atoms with Crippen LogP contribution in [0.2, 0.25) is 5.02 Å². The number of esters is 1. The third-order valence-corrected chi connectivity index (χ3v) is 6.10. The molecule has 0 spiro atoms. The number of nitrogens with zero attached hydrogens (tertiary/aromatic N) is 3. The fourth-order valence-corrected chi connectivity index (χ4v) is 4.02. The van der Waals surface area contributed by atoms with E-state index in [1.54, 1.807) is 55.7 Å². The predicted molar refractivity (Wildman–Crippen MR) is 149 cm³/mol. The summed E-state index contributed by atoms with van der Waals surface area (Å²) in [5.74, 6) is 1.28. The topological polar surface area (TPSA) is 107 Å². The minimum atomic E-state index is -0.480. The fourth-order valence-electron chi connectivity index (χ4n) is 3.78. The first kappa shape index (κ1) is 26.4. The highest BCUT2D eigenvalue weighted by Crippen LogP contribution is 2.27. The first-order chi connectivity index (χ1) is 18.3. The maximum Gasteiger partial charge on any atom is 0.338 e. The smallest absolute Gasteiger partial charge is 0.338 e. The lowest BCUT2D eigenvalue weighted by atomic mass is 10.1. The van der Waals surface area contributed by atoms with Crippen molar-refractivity contribution in [3.8, 4) is 17.1 Å². The van der Waals surface area contributed by atoms with Gasteiger partial charge in [-0.15, -0.1) is 10.2 Å². The molecule has 0 fully saturated rings. The number of rotatable bonds is 7. The molecule has 0 saturated heterocycles. The minimum Gasteiger partial charge on any atom is -0.495 e. The number of hydrogen-bond acceptors (Lipinski definition) is 6. The zero-order valence-electron chi connectivity index (χ0n) is 21.3. The van der Waals surface area contributed by atoms with Crippen molar-refractivity contribution in [2.75, 3.05) is 24.9 Å². The molecule has 1 aromatic heterocycles. The van der Waals surface area contributed by atoms with Crippen molar-refractivity contribution in [3.05, 3.63) is 88.2 Å². The normalized spacial score (nSPS) is 10.9. The summed E-state index contributed by atoms with van der Waals surface area (Å²) in [4.78, 5) is 24.6. The molecule has 0 saturated carbocycles. The quantitative estimate of drug-likeness (QED) is 0.281. The van der Waals surface area contributed by atoms with Gasteiger partial charge in [-0.3, -0.25) is 0 Å². The van der Waals surface area contributed by atoms with Gasteiger partial charge in [-0.1, -0.05) is 23.7 Å². The van der Waals surface area contributed by atoms with Crippen LogP contribution in [0.1, 0.15) is 27.3 Å². The van der Waals surface area contributed by atoms with Crippen LogP contribution in [0.3, 0.4) is 0 Å². The van der Waals surface area contributed by atoms with E-state index in [0.717, 1.165) is 11.1 Å². The van der Waals surface area contributed by atoms with Gasteiger partial charge >= 0.3 is 12.0 Å². The molecule has 0 aliphatic heterocycles. The fraction of sp³-hybridized carbons (Fsp3) is 0.143. The summed E-state index contributed by atoms with van der Waals surface area (Å²) in [5, 5.41) is 14.6. The Morgan fingerprint density at radius 2 is 1.74 bits per heavy atom. The molecule has 2 amide bonds. The second-order valence-electron chi connectivity index (χ2n) is 8.33. The Morgan fingerprint density at radius 1 is 0.974 bits per heavy atom. The summed E-state index contributed by atoms with van der Waals surface area (Å²) in [6, 6.07) is 17.4. The molecule has 0 unspecified atom stereocenters. The maximum absolute atomic E-state index is 12.5. The Bertz CT molecular complexity index is 1510. The van der Waals surface area contributed by atoms with Gasteiger partial charge in [-0.05, 0) is 73.2 Å². The highest BCUT2D eigenvalue weighted by atomic mass is 35.5. The Labute approximate surface area is 225 Å². The number of amides is 2. The average Bonchev–Trinajstić information content (AvgIpc) is 3.28. The second-order valence-corrected chi connectivity index (χ2v) is 8.73. The number of ether oxygens (including phenoxy) is 2. The lowest BCUT2D eigenvalue weighted by molar-refractivity contribution is 0.0600. The number of carbonyl (C=O) groups is 2. The average molecular weight is 532 g/mol. The number of nitrogens with one attached hydrogen (secondary N) is 2. The van der Waals surface area contributed by atoms with Gasteiger partial charge in [0.2, 0.25) is 0 Å². The van der Waals surface area contributed by atoms with Gasteiger partial charge in [0.25, 0.3) is 0 Å². The molecule has 194 valence electrons. The van der Waals surface area contributed by atoms with Gasteiger partial charge in [0.1, 0.15) is 5.75 Å². The van der Waals surface area contributed by atoms with Crippen LogP contribution in [0.5, 0.6) is 5.75 Å². The summed E-state index contributed by atoms with van der Waals surface area (Å²) in [5.41, 5.74) is 3.89. The van der Waals surface area contributed by atoms with Crippen LogP contribution >= 0.6 is 11.6 Å². The molecule has 3 aromatic carbocycles. The minimum absolute atomic E-state index is 0.353. The molecule has 0 atom stereocenters. The third-order valence-electron chi connectivity index (χ3n) is 5.77. The lowest BCUT2D eigenvalue weighted by Crippen LogP contribution is -2.19. The van der Waals surface area contributed by atoms with Crippen LogP contribution in [0.15, 0.2) is 60.7 Å². The monoisotopic (exact) mass is 531 g/mol. The van der Waals surface area contributed by atoms with E-state index in [9.17, 15) is 9.59 Å². The number of carbonyl (C=O) groups excluding carboxylic acids is 2. The van der Waals surface area contributed by atoms with Crippen molar-refractivity contribution in [2.45, 2.75) is 6.92 Å². The molecule has 38 heavy (non-hydrogen) atoms. The van der Waals surface area contributed by atoms with E-state index in [-0.39, 0.29) is 0 Å². The van der Waals surface area contributed by atoms with E-state index < -0.39 is 12.0 Å². The summed E-state index contributed by atoms with van der Waals surface area (Å²) in [6.07, 6.45) is 3.43. The van der Waals surface area contributed by atoms with Gasteiger partial charge in [0, 0.05) is 28.9 Å². The van der Waals surface area contributed by atoms with Gasteiger partial charge in [0.05, 0.1) is 25.5 Å². The van der Waals surface area contributed by atoms with Gasteiger partial charge in [-0.25, -0.2) is 9.59 Å². The van der Waals surface area contributed by atoms with E-state index in [0.29, 0.717) is 44.9 Å². The summed E-state index contributed by atoms with van der Waals surface area (Å²) >= 11 is 6.31. The first-order valence-corrected chi connectivity index (χ1v) is 12.0. The first-order valence-electron chi connectivity index (χ1n) is 11.6.